The van der Waals surface area contributed by atoms with Crippen LogP contribution in [0.1, 0.15) is 50.2 Å². The highest BCUT2D eigenvalue weighted by molar-refractivity contribution is 5.01. The third-order valence-electron chi connectivity index (χ3n) is 4.20. The molecule has 0 radical (unpaired) electrons. The molecule has 1 aliphatic carbocycles. The molecule has 1 saturated carbocycles. The summed E-state index contributed by atoms with van der Waals surface area (Å²) in [4.78, 5) is 6.96. The molecule has 2 aliphatic rings. The van der Waals surface area contributed by atoms with Gasteiger partial charge < -0.3 is 9.84 Å². The predicted octanol–water partition coefficient (Wildman–Crippen LogP) is 1.77. The van der Waals surface area contributed by atoms with Crippen molar-refractivity contribution in [2.24, 2.45) is 5.92 Å². The molecule has 1 aliphatic heterocycles. The fraction of sp³-hybridized carbons (Fsp3) is 0.857. The van der Waals surface area contributed by atoms with E-state index in [2.05, 4.69) is 27.3 Å². The van der Waals surface area contributed by atoms with Crippen LogP contribution in [0.3, 0.4) is 0 Å². The first-order valence-electron chi connectivity index (χ1n) is 7.60. The van der Waals surface area contributed by atoms with Crippen LogP contribution in [0.25, 0.3) is 0 Å². The first-order chi connectivity index (χ1) is 9.35. The molecule has 1 N–H and O–H groups in total. The monoisotopic (exact) mass is 264 g/mol. The highest BCUT2D eigenvalue weighted by Gasteiger charge is 2.29. The molecule has 2 heterocycles. The third kappa shape index (κ3) is 3.54. The van der Waals surface area contributed by atoms with Crippen LogP contribution in [0.4, 0.5) is 0 Å². The zero-order valence-corrected chi connectivity index (χ0v) is 11.8. The quantitative estimate of drug-likeness (QED) is 0.848. The van der Waals surface area contributed by atoms with E-state index in [1.807, 2.05) is 0 Å². The van der Waals surface area contributed by atoms with Gasteiger partial charge in [0.05, 0.1) is 6.54 Å². The fourth-order valence-electron chi connectivity index (χ4n) is 2.76. The summed E-state index contributed by atoms with van der Waals surface area (Å²) in [6.45, 7) is 7.58. The van der Waals surface area contributed by atoms with Gasteiger partial charge in [-0.1, -0.05) is 12.1 Å². The van der Waals surface area contributed by atoms with Crippen LogP contribution < -0.4 is 5.32 Å². The second-order valence-electron chi connectivity index (χ2n) is 5.84. The zero-order chi connectivity index (χ0) is 13.1. The van der Waals surface area contributed by atoms with Crippen LogP contribution in [-0.4, -0.2) is 41.2 Å². The lowest BCUT2D eigenvalue weighted by Gasteiger charge is -2.28. The van der Waals surface area contributed by atoms with Crippen molar-refractivity contribution < 1.29 is 4.52 Å². The largest absolute Gasteiger partial charge is 0.339 e. The second kappa shape index (κ2) is 6.01. The van der Waals surface area contributed by atoms with Crippen LogP contribution in [-0.2, 0) is 6.54 Å². The first-order valence-corrected chi connectivity index (χ1v) is 7.60. The zero-order valence-electron chi connectivity index (χ0n) is 11.8. The van der Waals surface area contributed by atoms with Gasteiger partial charge in [0.15, 0.2) is 5.82 Å². The van der Waals surface area contributed by atoms with Gasteiger partial charge in [-0.2, -0.15) is 4.98 Å². The summed E-state index contributed by atoms with van der Waals surface area (Å²) in [6, 6.07) is 0. The number of hydrogen-bond donors (Lipinski definition) is 1. The van der Waals surface area contributed by atoms with Gasteiger partial charge in [-0.3, -0.25) is 4.90 Å². The normalized spacial score (nSPS) is 21.2. The fourth-order valence-corrected chi connectivity index (χ4v) is 2.76. The summed E-state index contributed by atoms with van der Waals surface area (Å²) in [5, 5.41) is 7.54. The van der Waals surface area contributed by atoms with E-state index in [1.165, 1.54) is 25.7 Å². The molecule has 1 aromatic heterocycles. The molecule has 2 fully saturated rings. The van der Waals surface area contributed by atoms with Crippen molar-refractivity contribution in [2.75, 3.05) is 26.2 Å². The maximum Gasteiger partial charge on any atom is 0.229 e. The van der Waals surface area contributed by atoms with Gasteiger partial charge in [0.2, 0.25) is 5.89 Å². The molecule has 1 aromatic rings. The Labute approximate surface area is 114 Å². The predicted molar refractivity (Wildman–Crippen MR) is 72.8 cm³/mol. The second-order valence-corrected chi connectivity index (χ2v) is 5.84. The van der Waals surface area contributed by atoms with Crippen LogP contribution >= 0.6 is 0 Å². The van der Waals surface area contributed by atoms with E-state index in [9.17, 15) is 0 Å². The summed E-state index contributed by atoms with van der Waals surface area (Å²) in [7, 11) is 0. The topological polar surface area (TPSA) is 54.2 Å². The highest BCUT2D eigenvalue weighted by atomic mass is 16.5. The Bertz CT molecular complexity index is 396. The van der Waals surface area contributed by atoms with Gasteiger partial charge in [0.25, 0.3) is 0 Å². The van der Waals surface area contributed by atoms with Gasteiger partial charge in [0.1, 0.15) is 0 Å². The molecule has 3 rings (SSSR count). The number of nitrogens with one attached hydrogen (secondary N) is 1. The van der Waals surface area contributed by atoms with E-state index in [-0.39, 0.29) is 0 Å². The van der Waals surface area contributed by atoms with E-state index < -0.39 is 0 Å². The molecule has 0 atom stereocenters. The Morgan fingerprint density at radius 3 is 2.74 bits per heavy atom. The molecule has 5 heteroatoms. The lowest BCUT2D eigenvalue weighted by molar-refractivity contribution is 0.201. The Morgan fingerprint density at radius 1 is 1.26 bits per heavy atom. The summed E-state index contributed by atoms with van der Waals surface area (Å²) >= 11 is 0. The third-order valence-corrected chi connectivity index (χ3v) is 4.20. The molecule has 1 saturated heterocycles. The minimum atomic E-state index is 0.556. The van der Waals surface area contributed by atoms with Crippen molar-refractivity contribution in [3.05, 3.63) is 11.7 Å². The van der Waals surface area contributed by atoms with Crippen LogP contribution in [0, 0.1) is 5.92 Å². The van der Waals surface area contributed by atoms with Crippen molar-refractivity contribution in [3.8, 4) is 0 Å². The summed E-state index contributed by atoms with van der Waals surface area (Å²) in [5.74, 6) is 3.09. The number of nitrogens with zero attached hydrogens (tertiary/aromatic N) is 3. The molecule has 5 nitrogen and oxygen atoms in total. The van der Waals surface area contributed by atoms with E-state index in [0.29, 0.717) is 5.92 Å². The Kier molecular flexibility index (Phi) is 4.13. The molecule has 0 amide bonds. The van der Waals surface area contributed by atoms with Crippen molar-refractivity contribution in [1.29, 1.82) is 0 Å². The summed E-state index contributed by atoms with van der Waals surface area (Å²) in [5.41, 5.74) is 0. The van der Waals surface area contributed by atoms with Crippen molar-refractivity contribution in [3.63, 3.8) is 0 Å². The molecular formula is C14H24N4O. The van der Waals surface area contributed by atoms with E-state index in [0.717, 1.165) is 50.4 Å². The van der Waals surface area contributed by atoms with Crippen LogP contribution in [0.5, 0.6) is 0 Å². The molecule has 0 unspecified atom stereocenters. The Balaban J connectivity index is 1.52. The molecule has 106 valence electrons. The SMILES string of the molecule is CCN(Cc1noc(C2CC2)n1)CC1CCNCC1. The van der Waals surface area contributed by atoms with Crippen molar-refractivity contribution in [2.45, 2.75) is 45.1 Å². The number of hydrogen-bond acceptors (Lipinski definition) is 5. The minimum absolute atomic E-state index is 0.556. The van der Waals surface area contributed by atoms with Crippen molar-refractivity contribution in [1.82, 2.24) is 20.4 Å². The lowest BCUT2D eigenvalue weighted by Crippen LogP contribution is -2.36. The molecule has 0 aromatic carbocycles. The van der Waals surface area contributed by atoms with Gasteiger partial charge >= 0.3 is 0 Å². The van der Waals surface area contributed by atoms with Crippen LogP contribution in [0.15, 0.2) is 4.52 Å². The van der Waals surface area contributed by atoms with Gasteiger partial charge in [-0.15, -0.1) is 0 Å². The number of rotatable bonds is 6. The molecular weight excluding hydrogens is 240 g/mol. The first kappa shape index (κ1) is 13.1. The van der Waals surface area contributed by atoms with Gasteiger partial charge in [-0.05, 0) is 51.2 Å². The maximum atomic E-state index is 5.33. The highest BCUT2D eigenvalue weighted by Crippen LogP contribution is 2.38. The van der Waals surface area contributed by atoms with Crippen LogP contribution in [0.2, 0.25) is 0 Å². The van der Waals surface area contributed by atoms with E-state index in [4.69, 9.17) is 4.52 Å². The summed E-state index contributed by atoms with van der Waals surface area (Å²) < 4.78 is 5.33. The smallest absolute Gasteiger partial charge is 0.229 e. The Morgan fingerprint density at radius 2 is 2.05 bits per heavy atom. The molecule has 19 heavy (non-hydrogen) atoms. The average molecular weight is 264 g/mol. The van der Waals surface area contributed by atoms with E-state index >= 15 is 0 Å². The maximum absolute atomic E-state index is 5.33. The Hall–Kier alpha value is -0.940. The number of piperidine rings is 1. The average Bonchev–Trinajstić information content (AvgIpc) is 3.20. The van der Waals surface area contributed by atoms with Gasteiger partial charge in [-0.25, -0.2) is 0 Å². The molecule has 0 bridgehead atoms. The number of aromatic nitrogens is 2. The lowest BCUT2D eigenvalue weighted by atomic mass is 9.97. The van der Waals surface area contributed by atoms with Gasteiger partial charge in [0, 0.05) is 12.5 Å². The standard InChI is InChI=1S/C14H24N4O/c1-2-18(9-11-5-7-15-8-6-11)10-13-16-14(19-17-13)12-3-4-12/h11-12,15H,2-10H2,1H3. The van der Waals surface area contributed by atoms with Crippen molar-refractivity contribution >= 4 is 0 Å². The molecule has 0 spiro atoms. The van der Waals surface area contributed by atoms with E-state index in [1.54, 1.807) is 0 Å². The minimum Gasteiger partial charge on any atom is -0.339 e. The summed E-state index contributed by atoms with van der Waals surface area (Å²) in [6.07, 6.45) is 5.01.